The van der Waals surface area contributed by atoms with Crippen LogP contribution in [0, 0.1) is 11.7 Å². The van der Waals surface area contributed by atoms with Gasteiger partial charge in [0.15, 0.2) is 0 Å². The number of benzene rings is 1. The molecule has 2 heteroatoms. The van der Waals surface area contributed by atoms with Crippen molar-refractivity contribution in [2.24, 2.45) is 11.7 Å². The van der Waals surface area contributed by atoms with E-state index in [4.69, 9.17) is 5.73 Å². The van der Waals surface area contributed by atoms with Crippen LogP contribution in [0.15, 0.2) is 24.3 Å². The molecular formula is C12H16FN. The molecule has 2 N–H and O–H groups in total. The molecule has 1 nitrogen and oxygen atoms in total. The predicted octanol–water partition coefficient (Wildman–Crippen LogP) is 3.02. The minimum Gasteiger partial charge on any atom is -0.324 e. The highest BCUT2D eigenvalue weighted by Crippen LogP contribution is 2.34. The molecule has 1 unspecified atom stereocenters. The quantitative estimate of drug-likeness (QED) is 0.784. The second-order valence-corrected chi connectivity index (χ2v) is 4.16. The van der Waals surface area contributed by atoms with Crippen LogP contribution < -0.4 is 5.73 Å². The number of nitrogens with two attached hydrogens (primary N) is 1. The first-order valence-electron chi connectivity index (χ1n) is 5.27. The first-order valence-corrected chi connectivity index (χ1v) is 5.27. The summed E-state index contributed by atoms with van der Waals surface area (Å²) in [6, 6.07) is 6.70. The minimum atomic E-state index is -0.167. The summed E-state index contributed by atoms with van der Waals surface area (Å²) in [6.07, 6.45) is 4.78. The summed E-state index contributed by atoms with van der Waals surface area (Å²) in [7, 11) is 0. The van der Waals surface area contributed by atoms with Crippen LogP contribution in [-0.4, -0.2) is 0 Å². The van der Waals surface area contributed by atoms with Crippen molar-refractivity contribution in [1.82, 2.24) is 0 Å². The molecule has 1 aliphatic carbocycles. The Hall–Kier alpha value is -0.890. The molecule has 0 bridgehead atoms. The van der Waals surface area contributed by atoms with Crippen LogP contribution in [0.4, 0.5) is 4.39 Å². The maximum atomic E-state index is 13.3. The van der Waals surface area contributed by atoms with E-state index in [0.29, 0.717) is 5.56 Å². The fraction of sp³-hybridized carbons (Fsp3) is 0.500. The third kappa shape index (κ3) is 1.95. The van der Waals surface area contributed by atoms with Crippen molar-refractivity contribution in [3.8, 4) is 0 Å². The van der Waals surface area contributed by atoms with Gasteiger partial charge in [-0.25, -0.2) is 4.39 Å². The standard InChI is InChI=1S/C12H16FN/c13-11-7-2-1-6-10(11)12(14)8-9-4-3-5-9/h1-2,6-7,9,12H,3-5,8,14H2. The first kappa shape index (κ1) is 9.66. The molecule has 1 saturated carbocycles. The molecule has 1 aromatic carbocycles. The number of halogens is 1. The molecule has 1 atom stereocenters. The lowest BCUT2D eigenvalue weighted by atomic mass is 9.80. The molecule has 1 aromatic rings. The molecule has 2 rings (SSSR count). The minimum absolute atomic E-state index is 0.124. The van der Waals surface area contributed by atoms with Gasteiger partial charge in [0.25, 0.3) is 0 Å². The second kappa shape index (κ2) is 4.09. The molecule has 1 aliphatic rings. The van der Waals surface area contributed by atoms with Gasteiger partial charge in [-0.1, -0.05) is 37.5 Å². The third-order valence-corrected chi connectivity index (χ3v) is 3.12. The average Bonchev–Trinajstić information content (AvgIpc) is 2.12. The van der Waals surface area contributed by atoms with Crippen LogP contribution in [0.1, 0.15) is 37.3 Å². The summed E-state index contributed by atoms with van der Waals surface area (Å²) < 4.78 is 13.3. The maximum Gasteiger partial charge on any atom is 0.127 e. The SMILES string of the molecule is NC(CC1CCC1)c1ccccc1F. The van der Waals surface area contributed by atoms with E-state index in [9.17, 15) is 4.39 Å². The van der Waals surface area contributed by atoms with Crippen LogP contribution in [0.5, 0.6) is 0 Å². The van der Waals surface area contributed by atoms with E-state index in [1.807, 2.05) is 6.07 Å². The highest BCUT2D eigenvalue weighted by atomic mass is 19.1. The van der Waals surface area contributed by atoms with E-state index < -0.39 is 0 Å². The van der Waals surface area contributed by atoms with Crippen LogP contribution in [0.25, 0.3) is 0 Å². The zero-order valence-electron chi connectivity index (χ0n) is 8.25. The van der Waals surface area contributed by atoms with E-state index in [2.05, 4.69) is 0 Å². The molecule has 0 radical (unpaired) electrons. The van der Waals surface area contributed by atoms with Gasteiger partial charge in [-0.2, -0.15) is 0 Å². The fourth-order valence-electron chi connectivity index (χ4n) is 1.99. The van der Waals surface area contributed by atoms with Crippen LogP contribution in [0.3, 0.4) is 0 Å². The van der Waals surface area contributed by atoms with Gasteiger partial charge >= 0.3 is 0 Å². The maximum absolute atomic E-state index is 13.3. The van der Waals surface area contributed by atoms with Gasteiger partial charge in [0.1, 0.15) is 5.82 Å². The van der Waals surface area contributed by atoms with Gasteiger partial charge in [0, 0.05) is 11.6 Å². The lowest BCUT2D eigenvalue weighted by Crippen LogP contribution is -2.20. The van der Waals surface area contributed by atoms with E-state index in [0.717, 1.165) is 12.3 Å². The molecule has 0 spiro atoms. The van der Waals surface area contributed by atoms with E-state index in [1.54, 1.807) is 12.1 Å². The highest BCUT2D eigenvalue weighted by molar-refractivity contribution is 5.20. The van der Waals surface area contributed by atoms with Crippen LogP contribution >= 0.6 is 0 Å². The van der Waals surface area contributed by atoms with E-state index in [-0.39, 0.29) is 11.9 Å². The Morgan fingerprint density at radius 2 is 2.07 bits per heavy atom. The molecule has 0 aliphatic heterocycles. The molecule has 1 fully saturated rings. The molecule has 0 amide bonds. The van der Waals surface area contributed by atoms with Crippen molar-refractivity contribution in [3.05, 3.63) is 35.6 Å². The molecule has 0 aromatic heterocycles. The topological polar surface area (TPSA) is 26.0 Å². The number of hydrogen-bond acceptors (Lipinski definition) is 1. The normalized spacial score (nSPS) is 19.0. The molecule has 0 heterocycles. The zero-order chi connectivity index (χ0) is 9.97. The van der Waals surface area contributed by atoms with Crippen molar-refractivity contribution < 1.29 is 4.39 Å². The number of rotatable bonds is 3. The van der Waals surface area contributed by atoms with Gasteiger partial charge in [-0.15, -0.1) is 0 Å². The molecule has 0 saturated heterocycles. The largest absolute Gasteiger partial charge is 0.324 e. The van der Waals surface area contributed by atoms with Gasteiger partial charge in [0.05, 0.1) is 0 Å². The Morgan fingerprint density at radius 1 is 1.36 bits per heavy atom. The van der Waals surface area contributed by atoms with Crippen LogP contribution in [0.2, 0.25) is 0 Å². The summed E-state index contributed by atoms with van der Waals surface area (Å²) >= 11 is 0. The zero-order valence-corrected chi connectivity index (χ0v) is 8.25. The molecular weight excluding hydrogens is 177 g/mol. The Kier molecular flexibility index (Phi) is 2.82. The van der Waals surface area contributed by atoms with Gasteiger partial charge in [-0.3, -0.25) is 0 Å². The van der Waals surface area contributed by atoms with E-state index >= 15 is 0 Å². The summed E-state index contributed by atoms with van der Waals surface area (Å²) in [6.45, 7) is 0. The predicted molar refractivity (Wildman–Crippen MR) is 55.3 cm³/mol. The van der Waals surface area contributed by atoms with Crippen molar-refractivity contribution in [2.75, 3.05) is 0 Å². The summed E-state index contributed by atoms with van der Waals surface area (Å²) in [5, 5.41) is 0. The monoisotopic (exact) mass is 193 g/mol. The number of hydrogen-bond donors (Lipinski definition) is 1. The molecule has 76 valence electrons. The van der Waals surface area contributed by atoms with Crippen molar-refractivity contribution in [1.29, 1.82) is 0 Å². The van der Waals surface area contributed by atoms with E-state index in [1.165, 1.54) is 25.3 Å². The van der Waals surface area contributed by atoms with Gasteiger partial charge in [-0.05, 0) is 18.4 Å². The third-order valence-electron chi connectivity index (χ3n) is 3.12. The lowest BCUT2D eigenvalue weighted by Gasteiger charge is -2.28. The lowest BCUT2D eigenvalue weighted by molar-refractivity contribution is 0.275. The van der Waals surface area contributed by atoms with Crippen molar-refractivity contribution >= 4 is 0 Å². The highest BCUT2D eigenvalue weighted by Gasteiger charge is 2.22. The van der Waals surface area contributed by atoms with Gasteiger partial charge in [0.2, 0.25) is 0 Å². The molecule has 14 heavy (non-hydrogen) atoms. The Bertz CT molecular complexity index is 307. The second-order valence-electron chi connectivity index (χ2n) is 4.16. The Labute approximate surface area is 84.1 Å². The summed E-state index contributed by atoms with van der Waals surface area (Å²) in [5.41, 5.74) is 6.63. The summed E-state index contributed by atoms with van der Waals surface area (Å²) in [5.74, 6) is 0.559. The van der Waals surface area contributed by atoms with Crippen molar-refractivity contribution in [3.63, 3.8) is 0 Å². The average molecular weight is 193 g/mol. The fourth-order valence-corrected chi connectivity index (χ4v) is 1.99. The Morgan fingerprint density at radius 3 is 2.64 bits per heavy atom. The summed E-state index contributed by atoms with van der Waals surface area (Å²) in [4.78, 5) is 0. The van der Waals surface area contributed by atoms with Crippen LogP contribution in [-0.2, 0) is 0 Å². The first-order chi connectivity index (χ1) is 6.77. The van der Waals surface area contributed by atoms with Gasteiger partial charge < -0.3 is 5.73 Å². The van der Waals surface area contributed by atoms with Crippen molar-refractivity contribution in [2.45, 2.75) is 31.7 Å². The Balaban J connectivity index is 2.02. The smallest absolute Gasteiger partial charge is 0.127 e.